The van der Waals surface area contributed by atoms with E-state index in [1.165, 1.54) is 6.07 Å². The fourth-order valence-corrected chi connectivity index (χ4v) is 2.45. The molecule has 0 aliphatic heterocycles. The van der Waals surface area contributed by atoms with Crippen LogP contribution in [0.2, 0.25) is 0 Å². The summed E-state index contributed by atoms with van der Waals surface area (Å²) in [6.07, 6.45) is 0. The molecule has 3 aromatic rings. The Labute approximate surface area is 156 Å². The second-order valence-corrected chi connectivity index (χ2v) is 5.96. The number of carbonyl (C=O) groups is 2. The molecule has 5 nitrogen and oxygen atoms in total. The van der Waals surface area contributed by atoms with Gasteiger partial charge in [0.2, 0.25) is 0 Å². The summed E-state index contributed by atoms with van der Waals surface area (Å²) in [7, 11) is 0. The first kappa shape index (κ1) is 18.1. The smallest absolute Gasteiger partial charge is 0.319 e. The van der Waals surface area contributed by atoms with Crippen molar-refractivity contribution in [2.75, 3.05) is 16.0 Å². The first-order chi connectivity index (χ1) is 13.0. The molecule has 3 rings (SSSR count). The Balaban J connectivity index is 1.62. The molecule has 0 saturated heterocycles. The van der Waals surface area contributed by atoms with Gasteiger partial charge in [0.25, 0.3) is 5.91 Å². The van der Waals surface area contributed by atoms with Gasteiger partial charge in [-0.15, -0.1) is 0 Å². The van der Waals surface area contributed by atoms with Crippen molar-refractivity contribution in [2.24, 2.45) is 0 Å². The Hall–Kier alpha value is -3.67. The third-order valence-electron chi connectivity index (χ3n) is 3.81. The van der Waals surface area contributed by atoms with E-state index in [4.69, 9.17) is 0 Å². The summed E-state index contributed by atoms with van der Waals surface area (Å²) in [5.74, 6) is -0.926. The number of nitrogens with one attached hydrogen (secondary N) is 3. The topological polar surface area (TPSA) is 70.2 Å². The molecule has 0 aliphatic rings. The van der Waals surface area contributed by atoms with Gasteiger partial charge in [0.05, 0.1) is 5.69 Å². The highest BCUT2D eigenvalue weighted by molar-refractivity contribution is 6.05. The van der Waals surface area contributed by atoms with Gasteiger partial charge in [-0.1, -0.05) is 24.3 Å². The summed E-state index contributed by atoms with van der Waals surface area (Å²) < 4.78 is 13.8. The average molecular weight is 363 g/mol. The van der Waals surface area contributed by atoms with Crippen molar-refractivity contribution in [1.82, 2.24) is 0 Å². The van der Waals surface area contributed by atoms with E-state index >= 15 is 0 Å². The SMILES string of the molecule is Cc1ccc(F)c(NC(=O)c2ccc(NC(=O)Nc3ccccc3)cc2)c1. The van der Waals surface area contributed by atoms with Crippen molar-refractivity contribution in [1.29, 1.82) is 0 Å². The monoisotopic (exact) mass is 363 g/mol. The summed E-state index contributed by atoms with van der Waals surface area (Å²) in [5, 5.41) is 7.93. The van der Waals surface area contributed by atoms with E-state index in [2.05, 4.69) is 16.0 Å². The highest BCUT2D eigenvalue weighted by atomic mass is 19.1. The molecule has 136 valence electrons. The zero-order valence-electron chi connectivity index (χ0n) is 14.6. The summed E-state index contributed by atoms with van der Waals surface area (Å²) in [5.41, 5.74) is 2.53. The lowest BCUT2D eigenvalue weighted by Gasteiger charge is -2.09. The van der Waals surface area contributed by atoms with Crippen LogP contribution in [0.5, 0.6) is 0 Å². The Morgan fingerprint density at radius 2 is 1.41 bits per heavy atom. The number of hydrogen-bond acceptors (Lipinski definition) is 2. The molecule has 0 bridgehead atoms. The maximum atomic E-state index is 13.8. The van der Waals surface area contributed by atoms with Crippen LogP contribution in [-0.4, -0.2) is 11.9 Å². The lowest BCUT2D eigenvalue weighted by molar-refractivity contribution is 0.102. The summed E-state index contributed by atoms with van der Waals surface area (Å²) in [6.45, 7) is 1.82. The molecular formula is C21H18FN3O2. The number of hydrogen-bond donors (Lipinski definition) is 3. The van der Waals surface area contributed by atoms with E-state index in [9.17, 15) is 14.0 Å². The first-order valence-electron chi connectivity index (χ1n) is 8.32. The fraction of sp³-hybridized carbons (Fsp3) is 0.0476. The van der Waals surface area contributed by atoms with Crippen LogP contribution in [0, 0.1) is 12.7 Å². The van der Waals surface area contributed by atoms with Gasteiger partial charge in [-0.3, -0.25) is 4.79 Å². The van der Waals surface area contributed by atoms with Crippen LogP contribution in [0.15, 0.2) is 72.8 Å². The molecule has 3 amide bonds. The number of urea groups is 1. The van der Waals surface area contributed by atoms with Gasteiger partial charge in [-0.05, 0) is 61.0 Å². The normalized spacial score (nSPS) is 10.1. The van der Waals surface area contributed by atoms with Gasteiger partial charge in [0, 0.05) is 16.9 Å². The second-order valence-electron chi connectivity index (χ2n) is 5.96. The quantitative estimate of drug-likeness (QED) is 0.608. The average Bonchev–Trinajstić information content (AvgIpc) is 2.66. The number of rotatable bonds is 4. The van der Waals surface area contributed by atoms with Gasteiger partial charge in [-0.2, -0.15) is 0 Å². The Kier molecular flexibility index (Phi) is 5.47. The van der Waals surface area contributed by atoms with E-state index in [-0.39, 0.29) is 11.7 Å². The molecule has 0 heterocycles. The number of carbonyl (C=O) groups excluding carboxylic acids is 2. The Morgan fingerprint density at radius 3 is 2.07 bits per heavy atom. The molecule has 3 N–H and O–H groups in total. The van der Waals surface area contributed by atoms with E-state index in [0.717, 1.165) is 5.56 Å². The summed E-state index contributed by atoms with van der Waals surface area (Å²) in [4.78, 5) is 24.2. The van der Waals surface area contributed by atoms with Crippen LogP contribution >= 0.6 is 0 Å². The van der Waals surface area contributed by atoms with E-state index in [0.29, 0.717) is 16.9 Å². The first-order valence-corrected chi connectivity index (χ1v) is 8.32. The van der Waals surface area contributed by atoms with Crippen LogP contribution in [0.3, 0.4) is 0 Å². The predicted octanol–water partition coefficient (Wildman–Crippen LogP) is 5.03. The molecule has 3 aromatic carbocycles. The second kappa shape index (κ2) is 8.14. The van der Waals surface area contributed by atoms with E-state index in [1.54, 1.807) is 48.5 Å². The number of amides is 3. The Bertz CT molecular complexity index is 957. The van der Waals surface area contributed by atoms with Gasteiger partial charge in [-0.25, -0.2) is 9.18 Å². The van der Waals surface area contributed by atoms with Crippen LogP contribution in [0.1, 0.15) is 15.9 Å². The molecule has 0 atom stereocenters. The predicted molar refractivity (Wildman–Crippen MR) is 105 cm³/mol. The molecule has 27 heavy (non-hydrogen) atoms. The maximum absolute atomic E-state index is 13.8. The number of para-hydroxylation sites is 1. The molecule has 0 unspecified atom stereocenters. The van der Waals surface area contributed by atoms with Crippen molar-refractivity contribution >= 4 is 29.0 Å². The maximum Gasteiger partial charge on any atom is 0.323 e. The van der Waals surface area contributed by atoms with Crippen molar-refractivity contribution in [3.63, 3.8) is 0 Å². The minimum absolute atomic E-state index is 0.129. The largest absolute Gasteiger partial charge is 0.323 e. The molecule has 0 radical (unpaired) electrons. The molecular weight excluding hydrogens is 345 g/mol. The highest BCUT2D eigenvalue weighted by Gasteiger charge is 2.10. The minimum Gasteiger partial charge on any atom is -0.319 e. The lowest BCUT2D eigenvalue weighted by atomic mass is 10.1. The van der Waals surface area contributed by atoms with Crippen molar-refractivity contribution in [2.45, 2.75) is 6.92 Å². The zero-order valence-corrected chi connectivity index (χ0v) is 14.6. The number of benzene rings is 3. The van der Waals surface area contributed by atoms with Gasteiger partial charge in [0.1, 0.15) is 5.82 Å². The molecule has 0 spiro atoms. The number of anilines is 3. The van der Waals surface area contributed by atoms with E-state index in [1.807, 2.05) is 25.1 Å². The van der Waals surface area contributed by atoms with Crippen LogP contribution in [-0.2, 0) is 0 Å². The van der Waals surface area contributed by atoms with Gasteiger partial charge >= 0.3 is 6.03 Å². The molecule has 0 aliphatic carbocycles. The van der Waals surface area contributed by atoms with Gasteiger partial charge in [0.15, 0.2) is 0 Å². The standard InChI is InChI=1S/C21H18FN3O2/c1-14-7-12-18(22)19(13-14)25-20(26)15-8-10-17(11-9-15)24-21(27)23-16-5-3-2-4-6-16/h2-13H,1H3,(H,25,26)(H2,23,24,27). The van der Waals surface area contributed by atoms with Crippen molar-refractivity contribution < 1.29 is 14.0 Å². The third-order valence-corrected chi connectivity index (χ3v) is 3.81. The number of halogens is 1. The third kappa shape index (κ3) is 4.92. The Morgan fingerprint density at radius 1 is 0.778 bits per heavy atom. The molecule has 0 fully saturated rings. The van der Waals surface area contributed by atoms with E-state index < -0.39 is 11.7 Å². The van der Waals surface area contributed by atoms with Crippen LogP contribution in [0.25, 0.3) is 0 Å². The van der Waals surface area contributed by atoms with Crippen molar-refractivity contribution in [3.05, 3.63) is 89.7 Å². The number of aryl methyl sites for hydroxylation is 1. The summed E-state index contributed by atoms with van der Waals surface area (Å²) in [6, 6.07) is 19.5. The summed E-state index contributed by atoms with van der Waals surface area (Å²) >= 11 is 0. The van der Waals surface area contributed by atoms with Gasteiger partial charge < -0.3 is 16.0 Å². The molecule has 0 saturated carbocycles. The highest BCUT2D eigenvalue weighted by Crippen LogP contribution is 2.18. The molecule has 6 heteroatoms. The van der Waals surface area contributed by atoms with Crippen molar-refractivity contribution in [3.8, 4) is 0 Å². The zero-order chi connectivity index (χ0) is 19.2. The molecule has 0 aromatic heterocycles. The lowest BCUT2D eigenvalue weighted by Crippen LogP contribution is -2.19. The fourth-order valence-electron chi connectivity index (χ4n) is 2.45. The van der Waals surface area contributed by atoms with Crippen LogP contribution in [0.4, 0.5) is 26.2 Å². The van der Waals surface area contributed by atoms with Crippen LogP contribution < -0.4 is 16.0 Å². The minimum atomic E-state index is -0.496.